The molecule has 0 N–H and O–H groups in total. The zero-order valence-electron chi connectivity index (χ0n) is 11.8. The van der Waals surface area contributed by atoms with Crippen molar-refractivity contribution in [2.45, 2.75) is 39.9 Å². The summed E-state index contributed by atoms with van der Waals surface area (Å²) in [6.07, 6.45) is -0.990. The summed E-state index contributed by atoms with van der Waals surface area (Å²) in [5.74, 6) is 0.114. The number of carbonyl (C=O) groups excluding carboxylic acids is 2. The molecule has 0 saturated heterocycles. The van der Waals surface area contributed by atoms with E-state index in [1.54, 1.807) is 27.7 Å². The Labute approximate surface area is 116 Å². The molecule has 7 heteroatoms. The van der Waals surface area contributed by atoms with Crippen LogP contribution in [0.3, 0.4) is 0 Å². The predicted molar refractivity (Wildman–Crippen MR) is 68.7 cm³/mol. The third-order valence-corrected chi connectivity index (χ3v) is 1.76. The van der Waals surface area contributed by atoms with E-state index in [0.717, 1.165) is 0 Å². The van der Waals surface area contributed by atoms with Crippen LogP contribution in [0.1, 0.15) is 27.7 Å². The van der Waals surface area contributed by atoms with Gasteiger partial charge in [-0.2, -0.15) is 0 Å². The molecular formula is C13H17NO6. The molecule has 7 nitrogen and oxygen atoms in total. The number of hydrogen-bond donors (Lipinski definition) is 0. The first-order valence-corrected chi connectivity index (χ1v) is 6.09. The van der Waals surface area contributed by atoms with Crippen molar-refractivity contribution in [3.05, 3.63) is 18.3 Å². The minimum atomic E-state index is -0.880. The maximum absolute atomic E-state index is 11.3. The van der Waals surface area contributed by atoms with E-state index in [0.29, 0.717) is 0 Å². The second-order valence-electron chi connectivity index (χ2n) is 4.37. The van der Waals surface area contributed by atoms with Gasteiger partial charge in [-0.25, -0.2) is 14.6 Å². The highest BCUT2D eigenvalue weighted by Gasteiger charge is 2.12. The average molecular weight is 283 g/mol. The van der Waals surface area contributed by atoms with Crippen molar-refractivity contribution < 1.29 is 28.5 Å². The maximum Gasteiger partial charge on any atom is 0.515 e. The van der Waals surface area contributed by atoms with Gasteiger partial charge in [0.1, 0.15) is 5.75 Å². The highest BCUT2D eigenvalue weighted by atomic mass is 16.7. The van der Waals surface area contributed by atoms with E-state index in [-0.39, 0.29) is 23.8 Å². The van der Waals surface area contributed by atoms with Gasteiger partial charge in [0.15, 0.2) is 0 Å². The summed E-state index contributed by atoms with van der Waals surface area (Å²) in [5.41, 5.74) is 0. The van der Waals surface area contributed by atoms with Crippen LogP contribution < -0.4 is 9.47 Å². The Kier molecular flexibility index (Phi) is 5.76. The van der Waals surface area contributed by atoms with Gasteiger partial charge >= 0.3 is 12.3 Å². The standard InChI is InChI=1S/C13H17NO6/c1-8(2)17-12(15)19-10-5-6-14-11(7-10)20-13(16)18-9(3)4/h5-9H,1-4H3. The molecule has 0 bridgehead atoms. The second kappa shape index (κ2) is 7.32. The van der Waals surface area contributed by atoms with Crippen molar-refractivity contribution in [2.24, 2.45) is 0 Å². The van der Waals surface area contributed by atoms with Gasteiger partial charge < -0.3 is 18.9 Å². The van der Waals surface area contributed by atoms with Gasteiger partial charge in [0, 0.05) is 12.3 Å². The van der Waals surface area contributed by atoms with E-state index in [1.807, 2.05) is 0 Å². The molecule has 1 aromatic heterocycles. The van der Waals surface area contributed by atoms with Crippen LogP contribution in [0.2, 0.25) is 0 Å². The van der Waals surface area contributed by atoms with E-state index in [1.165, 1.54) is 18.3 Å². The maximum atomic E-state index is 11.3. The summed E-state index contributed by atoms with van der Waals surface area (Å²) in [7, 11) is 0. The fourth-order valence-electron chi connectivity index (χ4n) is 1.13. The van der Waals surface area contributed by atoms with E-state index in [9.17, 15) is 9.59 Å². The fraction of sp³-hybridized carbons (Fsp3) is 0.462. The fourth-order valence-corrected chi connectivity index (χ4v) is 1.13. The molecule has 0 spiro atoms. The molecule has 0 unspecified atom stereocenters. The quantitative estimate of drug-likeness (QED) is 0.785. The van der Waals surface area contributed by atoms with E-state index < -0.39 is 12.3 Å². The molecule has 0 aliphatic carbocycles. The third kappa shape index (κ3) is 6.03. The molecule has 1 heterocycles. The average Bonchev–Trinajstić information content (AvgIpc) is 2.26. The lowest BCUT2D eigenvalue weighted by atomic mass is 10.4. The lowest BCUT2D eigenvalue weighted by Gasteiger charge is -2.09. The molecule has 0 radical (unpaired) electrons. The lowest BCUT2D eigenvalue weighted by molar-refractivity contribution is 0.0710. The smallest absolute Gasteiger partial charge is 0.431 e. The Hall–Kier alpha value is -2.31. The SMILES string of the molecule is CC(C)OC(=O)Oc1ccnc(OC(=O)OC(C)C)c1. The number of rotatable bonds is 4. The van der Waals surface area contributed by atoms with Crippen LogP contribution >= 0.6 is 0 Å². The van der Waals surface area contributed by atoms with Crippen LogP contribution in [-0.2, 0) is 9.47 Å². The van der Waals surface area contributed by atoms with E-state index >= 15 is 0 Å². The molecule has 20 heavy (non-hydrogen) atoms. The number of hydrogen-bond acceptors (Lipinski definition) is 7. The first-order chi connectivity index (χ1) is 9.36. The van der Waals surface area contributed by atoms with Crippen LogP contribution in [-0.4, -0.2) is 29.5 Å². The van der Waals surface area contributed by atoms with Crippen molar-refractivity contribution in [1.29, 1.82) is 0 Å². The van der Waals surface area contributed by atoms with E-state index in [2.05, 4.69) is 4.98 Å². The topological polar surface area (TPSA) is 84.0 Å². The van der Waals surface area contributed by atoms with Gasteiger partial charge in [0.05, 0.1) is 12.2 Å². The van der Waals surface area contributed by atoms with Crippen molar-refractivity contribution in [1.82, 2.24) is 4.98 Å². The van der Waals surface area contributed by atoms with Crippen molar-refractivity contribution >= 4 is 12.3 Å². The molecule has 0 amide bonds. The molecule has 0 aliphatic rings. The molecule has 1 rings (SSSR count). The van der Waals surface area contributed by atoms with Gasteiger partial charge in [0.25, 0.3) is 0 Å². The summed E-state index contributed by atoms with van der Waals surface area (Å²) in [4.78, 5) is 26.4. The molecule has 0 aromatic carbocycles. The molecule has 0 saturated carbocycles. The number of pyridine rings is 1. The van der Waals surface area contributed by atoms with Gasteiger partial charge in [-0.15, -0.1) is 0 Å². The summed E-state index contributed by atoms with van der Waals surface area (Å²) in [6.45, 7) is 6.78. The Morgan fingerprint density at radius 3 is 2.10 bits per heavy atom. The summed E-state index contributed by atoms with van der Waals surface area (Å²) < 4.78 is 19.3. The van der Waals surface area contributed by atoms with E-state index in [4.69, 9.17) is 18.9 Å². The molecular weight excluding hydrogens is 266 g/mol. The zero-order valence-corrected chi connectivity index (χ0v) is 11.8. The Morgan fingerprint density at radius 1 is 1.00 bits per heavy atom. The molecule has 0 fully saturated rings. The first kappa shape index (κ1) is 15.7. The monoisotopic (exact) mass is 283 g/mol. The van der Waals surface area contributed by atoms with Crippen LogP contribution in [0.4, 0.5) is 9.59 Å². The summed E-state index contributed by atoms with van der Waals surface area (Å²) in [6, 6.07) is 2.71. The predicted octanol–water partition coefficient (Wildman–Crippen LogP) is 2.93. The molecule has 0 aliphatic heterocycles. The minimum Gasteiger partial charge on any atom is -0.431 e. The largest absolute Gasteiger partial charge is 0.515 e. The minimum absolute atomic E-state index is 0.0366. The number of carbonyl (C=O) groups is 2. The van der Waals surface area contributed by atoms with Crippen LogP contribution in [0.5, 0.6) is 11.6 Å². The first-order valence-electron chi connectivity index (χ1n) is 6.09. The van der Waals surface area contributed by atoms with Gasteiger partial charge in [-0.3, -0.25) is 0 Å². The van der Waals surface area contributed by atoms with Crippen LogP contribution in [0, 0.1) is 0 Å². The lowest BCUT2D eigenvalue weighted by Crippen LogP contribution is -2.17. The van der Waals surface area contributed by atoms with Gasteiger partial charge in [0.2, 0.25) is 5.88 Å². The summed E-state index contributed by atoms with van der Waals surface area (Å²) >= 11 is 0. The third-order valence-electron chi connectivity index (χ3n) is 1.76. The highest BCUT2D eigenvalue weighted by molar-refractivity contribution is 5.65. The van der Waals surface area contributed by atoms with Gasteiger partial charge in [-0.05, 0) is 33.8 Å². The molecule has 110 valence electrons. The number of nitrogens with zero attached hydrogens (tertiary/aromatic N) is 1. The second-order valence-corrected chi connectivity index (χ2v) is 4.37. The van der Waals surface area contributed by atoms with Gasteiger partial charge in [-0.1, -0.05) is 0 Å². The Bertz CT molecular complexity index is 432. The Balaban J connectivity index is 2.61. The Morgan fingerprint density at radius 2 is 1.55 bits per heavy atom. The molecule has 1 aromatic rings. The number of ether oxygens (including phenoxy) is 4. The van der Waals surface area contributed by atoms with Crippen molar-refractivity contribution in [3.8, 4) is 11.6 Å². The highest BCUT2D eigenvalue weighted by Crippen LogP contribution is 2.17. The van der Waals surface area contributed by atoms with Crippen molar-refractivity contribution in [2.75, 3.05) is 0 Å². The zero-order chi connectivity index (χ0) is 15.1. The van der Waals surface area contributed by atoms with Crippen LogP contribution in [0.15, 0.2) is 18.3 Å². The normalized spacial score (nSPS) is 10.3. The van der Waals surface area contributed by atoms with Crippen LogP contribution in [0.25, 0.3) is 0 Å². The summed E-state index contributed by atoms with van der Waals surface area (Å²) in [5, 5.41) is 0. The van der Waals surface area contributed by atoms with Crippen molar-refractivity contribution in [3.63, 3.8) is 0 Å². The molecule has 0 atom stereocenters. The number of aromatic nitrogens is 1.